The summed E-state index contributed by atoms with van der Waals surface area (Å²) in [5, 5.41) is 23.2. The summed E-state index contributed by atoms with van der Waals surface area (Å²) in [6.07, 6.45) is -8.42. The van der Waals surface area contributed by atoms with Crippen LogP contribution in [0.1, 0.15) is 59.3 Å². The third-order valence-electron chi connectivity index (χ3n) is 21.7. The van der Waals surface area contributed by atoms with Crippen LogP contribution >= 0.6 is 0 Å². The van der Waals surface area contributed by atoms with Gasteiger partial charge in [0, 0.05) is 19.3 Å². The Bertz CT molecular complexity index is 5350. The van der Waals surface area contributed by atoms with Crippen molar-refractivity contribution in [3.63, 3.8) is 0 Å². The average molecular weight is 2010 g/mol. The summed E-state index contributed by atoms with van der Waals surface area (Å²) in [6, 6.07) is 114. The molecule has 17 nitrogen and oxygen atoms in total. The maximum atomic E-state index is 12.9. The van der Waals surface area contributed by atoms with Crippen molar-refractivity contribution in [2.24, 2.45) is 32.6 Å². The Hall–Kier alpha value is -12.5. The van der Waals surface area contributed by atoms with Crippen molar-refractivity contribution < 1.29 is 124 Å². The zero-order chi connectivity index (χ0) is 100. The number of amides is 1. The van der Waals surface area contributed by atoms with E-state index in [1.54, 1.807) is 47.1 Å². The summed E-state index contributed by atoms with van der Waals surface area (Å²) >= 11 is 0. The zero-order valence-electron chi connectivity index (χ0n) is 76.2. The first-order chi connectivity index (χ1) is 65.6. The maximum Gasteiger partial charge on any atom is 0.460 e. The molecule has 4 fully saturated rings. The first-order valence-electron chi connectivity index (χ1n) is 42.7. The zero-order valence-corrected chi connectivity index (χ0v) is 80.2. The van der Waals surface area contributed by atoms with Gasteiger partial charge >= 0.3 is 42.1 Å². The third kappa shape index (κ3) is 29.1. The molecule has 138 heavy (non-hydrogen) atoms. The second kappa shape index (κ2) is 48.7. The summed E-state index contributed by atoms with van der Waals surface area (Å²) < 4.78 is 214. The van der Waals surface area contributed by atoms with E-state index in [-0.39, 0.29) is 68.8 Å². The van der Waals surface area contributed by atoms with E-state index in [4.69, 9.17) is 33.2 Å². The van der Waals surface area contributed by atoms with E-state index < -0.39 is 99.1 Å². The number of hydrogen-bond donors (Lipinski definition) is 0. The fourth-order valence-electron chi connectivity index (χ4n) is 15.4. The average Bonchev–Trinajstić information content (AvgIpc) is 0.712. The van der Waals surface area contributed by atoms with E-state index in [0.29, 0.717) is 25.7 Å². The second-order valence-electron chi connectivity index (χ2n) is 31.6. The van der Waals surface area contributed by atoms with Crippen LogP contribution in [0.4, 0.5) is 52.7 Å². The number of benzene rings is 12. The van der Waals surface area contributed by atoms with Crippen LogP contribution in [0.15, 0.2) is 396 Å². The minimum atomic E-state index is -6.92. The van der Waals surface area contributed by atoms with Gasteiger partial charge in [-0.3, -0.25) is 9.59 Å². The van der Waals surface area contributed by atoms with Crippen LogP contribution in [0.5, 0.6) is 34.5 Å². The van der Waals surface area contributed by atoms with Crippen molar-refractivity contribution >= 4 is 83.2 Å². The number of sulfonamides is 1. The van der Waals surface area contributed by atoms with Crippen molar-refractivity contribution in [2.45, 2.75) is 154 Å². The molecule has 0 spiro atoms. The normalized spacial score (nSPS) is 16.5. The molecule has 0 heterocycles. The van der Waals surface area contributed by atoms with Crippen LogP contribution in [0.3, 0.4) is 0 Å². The molecule has 12 aromatic rings. The van der Waals surface area contributed by atoms with Gasteiger partial charge in [-0.15, -0.1) is 0 Å². The molecule has 728 valence electrons. The van der Waals surface area contributed by atoms with Gasteiger partial charge in [-0.25, -0.2) is 18.2 Å². The van der Waals surface area contributed by atoms with Gasteiger partial charge in [0.15, 0.2) is 58.7 Å². The van der Waals surface area contributed by atoms with Crippen molar-refractivity contribution in [2.75, 3.05) is 55.0 Å². The molecule has 0 aromatic heterocycles. The lowest BCUT2D eigenvalue weighted by molar-refractivity contribution is -0.357. The molecule has 0 radical (unpaired) electrons. The molecule has 0 N–H and O–H groups in total. The molecule has 4 aliphatic carbocycles. The molecule has 4 saturated carbocycles. The predicted octanol–water partition coefficient (Wildman–Crippen LogP) is 22.7. The van der Waals surface area contributed by atoms with E-state index in [9.17, 15) is 85.7 Å². The van der Waals surface area contributed by atoms with Crippen LogP contribution in [-0.2, 0) is 77.5 Å². The summed E-state index contributed by atoms with van der Waals surface area (Å²) in [4.78, 5) is 52.9. The summed E-state index contributed by atoms with van der Waals surface area (Å²) in [6.45, 7) is 0.578. The lowest BCUT2D eigenvalue weighted by atomic mass is 9.47. The van der Waals surface area contributed by atoms with E-state index in [1.165, 1.54) is 65.7 Å². The van der Waals surface area contributed by atoms with Gasteiger partial charge in [-0.2, -0.15) is 57.1 Å². The molecule has 1 amide bonds. The van der Waals surface area contributed by atoms with Crippen molar-refractivity contribution in [1.82, 2.24) is 0 Å². The largest absolute Gasteiger partial charge is 0.861 e. The van der Waals surface area contributed by atoms with Crippen molar-refractivity contribution in [1.29, 1.82) is 0 Å². The lowest BCUT2D eigenvalue weighted by Crippen LogP contribution is -2.62. The summed E-state index contributed by atoms with van der Waals surface area (Å²) in [5.41, 5.74) is -1.92. The highest BCUT2D eigenvalue weighted by atomic mass is 32.2. The van der Waals surface area contributed by atoms with Gasteiger partial charge in [-0.05, 0) is 282 Å². The highest BCUT2D eigenvalue weighted by Gasteiger charge is 2.73. The number of nitrogens with zero attached hydrogens (tertiary/aromatic N) is 2. The fraction of sp³-hybridized carbons (Fsp3) is 0.260. The first kappa shape index (κ1) is 108. The number of hydrogen-bond acceptors (Lipinski definition) is 15. The SMILES string of the molecule is CC(=O)N=C([O-])C12CC3CC(CC(OC(=O)C(C)C(F)(F)F)(C3)C1)C2.CC(F)(F)C(=O)OCCS(=O)(=O)N=C([O-])C(F)(F)C(F)(F)C(F)(F)F.COc1ccc([S+](c2ccc(OC)cc2)c2ccc(OC)cc2)cc1.COc1ccc([S+](c2ccc(OC)cc2)c2ccc(OC)cc2)cc1.c1ccc([S+](c2ccccc2)c2ccccc2)cc1.c1ccc([S+](c2ccccc2)c2ccccc2)cc1. The van der Waals surface area contributed by atoms with Gasteiger partial charge in [0.25, 0.3) is 10.0 Å². The summed E-state index contributed by atoms with van der Waals surface area (Å²) in [7, 11) is 4.20. The smallest absolute Gasteiger partial charge is 0.460 e. The van der Waals surface area contributed by atoms with E-state index in [0.717, 1.165) is 47.8 Å². The molecule has 3 atom stereocenters. The van der Waals surface area contributed by atoms with Gasteiger partial charge in [0.2, 0.25) is 5.91 Å². The Labute approximate surface area is 805 Å². The van der Waals surface area contributed by atoms with Crippen LogP contribution in [-0.4, -0.2) is 129 Å². The number of carbonyl (C=O) groups is 3. The maximum absolute atomic E-state index is 12.9. The predicted molar refractivity (Wildman–Crippen MR) is 503 cm³/mol. The molecule has 0 aliphatic heterocycles. The molecule has 12 aromatic carbocycles. The standard InChI is InChI=1S/2C21H21O3S.2C18H15S.C17H22F3NO4.C9H8F9NO5S/c2*1-22-16-4-10-19(11-5-16)25(20-12-6-17(23-2)7-13-20)21-14-8-18(24-3)9-15-21;2*1-4-10-16(11-5-1)19(17-12-6-2-7-13-17)18-14-8-3-9-15-18;1-9(17(18,19)20)13(23)25-16-6-11-3-12(7-16)5-15(4-11,8-16)14(24)21-10(2)22;1-6(10,11)5(21)24-2-3-25(22,23)19-4(20)7(12,13)8(14,15)9(16,17)18/h2*4-15H,1-3H3;2*1-15H;9,11-12H,3-8H2,1-2H3,(H,21,22,24);2-3H2,1H3,(H,19,20)/q4*+1;;/p-2. The summed E-state index contributed by atoms with van der Waals surface area (Å²) in [5.74, 6) is -24.3. The molecule has 4 bridgehead atoms. The number of ether oxygens (including phenoxy) is 8. The number of carbonyl (C=O) groups excluding carboxylic acids is 3. The molecule has 16 rings (SSSR count). The van der Waals surface area contributed by atoms with E-state index in [1.807, 2.05) is 72.8 Å². The Morgan fingerprint density at radius 1 is 0.399 bits per heavy atom. The quantitative estimate of drug-likeness (QED) is 0.0146. The Morgan fingerprint density at radius 2 is 0.645 bits per heavy atom. The highest BCUT2D eigenvalue weighted by Crippen LogP contribution is 2.63. The van der Waals surface area contributed by atoms with Crippen LogP contribution in [0.2, 0.25) is 0 Å². The van der Waals surface area contributed by atoms with E-state index in [2.05, 4.69) is 265 Å². The Balaban J connectivity index is 0.000000171. The topological polar surface area (TPSA) is 230 Å². The van der Waals surface area contributed by atoms with E-state index >= 15 is 0 Å². The number of aliphatic imine (C=N–C) groups is 1. The Morgan fingerprint density at radius 3 is 0.862 bits per heavy atom. The minimum Gasteiger partial charge on any atom is -0.861 e. The molecule has 0 saturated heterocycles. The van der Waals surface area contributed by atoms with Gasteiger partial charge in [0.05, 0.1) is 92.1 Å². The molecule has 34 heteroatoms. The Kier molecular flexibility index (Phi) is 37.9. The number of alkyl halides is 12. The molecular weight excluding hydrogens is 1910 g/mol. The third-order valence-corrected chi connectivity index (χ3v) is 31.7. The highest BCUT2D eigenvalue weighted by molar-refractivity contribution is 7.98. The molecule has 4 aliphatic rings. The van der Waals surface area contributed by atoms with Crippen LogP contribution in [0.25, 0.3) is 0 Å². The number of esters is 2. The monoisotopic (exact) mass is 2000 g/mol. The van der Waals surface area contributed by atoms with Gasteiger partial charge < -0.3 is 48.1 Å². The fourth-order valence-corrected chi connectivity index (χ4v) is 24.4. The van der Waals surface area contributed by atoms with Crippen molar-refractivity contribution in [3.8, 4) is 34.5 Å². The number of methoxy groups -OCH3 is 6. The second-order valence-corrected chi connectivity index (χ2v) is 41.4. The number of halogens is 12. The lowest BCUT2D eigenvalue weighted by Gasteiger charge is -2.62. The van der Waals surface area contributed by atoms with Crippen LogP contribution < -0.4 is 38.6 Å². The van der Waals surface area contributed by atoms with Gasteiger partial charge in [-0.1, -0.05) is 109 Å². The number of rotatable bonds is 28. The van der Waals surface area contributed by atoms with Crippen molar-refractivity contribution in [3.05, 3.63) is 328 Å². The molecule has 3 unspecified atom stereocenters. The van der Waals surface area contributed by atoms with Gasteiger partial charge in [0.1, 0.15) is 58.4 Å². The first-order valence-corrected chi connectivity index (χ1v) is 49.2. The minimum absolute atomic E-state index is 0.0146. The molecular formula is C104H100F12N2O15S5+2. The van der Waals surface area contributed by atoms with Crippen LogP contribution in [0, 0.1) is 23.2 Å².